The molecule has 1 aliphatic rings. The molecule has 0 unspecified atom stereocenters. The van der Waals surface area contributed by atoms with E-state index < -0.39 is 0 Å². The zero-order chi connectivity index (χ0) is 14.5. The van der Waals surface area contributed by atoms with Crippen molar-refractivity contribution in [1.29, 1.82) is 0 Å². The predicted molar refractivity (Wildman–Crippen MR) is 73.8 cm³/mol. The lowest BCUT2D eigenvalue weighted by atomic mass is 10.4. The monoisotopic (exact) mass is 309 g/mol. The number of carbonyl (C=O) groups excluding carboxylic acids is 1. The summed E-state index contributed by atoms with van der Waals surface area (Å²) in [6.45, 7) is 2.96. The van der Waals surface area contributed by atoms with E-state index in [-0.39, 0.29) is 5.91 Å². The number of nitrogens with zero attached hydrogens (tertiary/aromatic N) is 5. The van der Waals surface area contributed by atoms with Crippen molar-refractivity contribution in [3.63, 3.8) is 0 Å². The first-order valence-corrected chi connectivity index (χ1v) is 7.58. The lowest BCUT2D eigenvalue weighted by Gasteiger charge is -2.26. The number of morpholine rings is 1. The number of hydrogen-bond acceptors (Lipinski definition) is 7. The van der Waals surface area contributed by atoms with Gasteiger partial charge in [0.25, 0.3) is 0 Å². The number of aromatic nitrogens is 4. The summed E-state index contributed by atoms with van der Waals surface area (Å²) >= 11 is 1.33. The van der Waals surface area contributed by atoms with Crippen LogP contribution in [-0.2, 0) is 16.1 Å². The van der Waals surface area contributed by atoms with Crippen LogP contribution in [0.25, 0.3) is 0 Å². The highest BCUT2D eigenvalue weighted by atomic mass is 32.2. The van der Waals surface area contributed by atoms with Crippen molar-refractivity contribution in [3.05, 3.63) is 24.2 Å². The van der Waals surface area contributed by atoms with E-state index in [1.807, 2.05) is 12.1 Å². The Bertz CT molecular complexity index is 579. The quantitative estimate of drug-likeness (QED) is 0.732. The lowest BCUT2D eigenvalue weighted by molar-refractivity contribution is -0.132. The van der Waals surface area contributed by atoms with Gasteiger partial charge in [-0.05, 0) is 22.6 Å². The summed E-state index contributed by atoms with van der Waals surface area (Å²) in [6, 6.07) is 3.67. The van der Waals surface area contributed by atoms with E-state index in [9.17, 15) is 4.79 Å². The number of amides is 1. The number of furan rings is 1. The molecule has 1 saturated heterocycles. The Labute approximate surface area is 125 Å². The van der Waals surface area contributed by atoms with Crippen LogP contribution in [0.4, 0.5) is 0 Å². The van der Waals surface area contributed by atoms with Crippen molar-refractivity contribution in [2.45, 2.75) is 11.7 Å². The van der Waals surface area contributed by atoms with Gasteiger partial charge >= 0.3 is 0 Å². The maximum absolute atomic E-state index is 12.1. The van der Waals surface area contributed by atoms with Gasteiger partial charge in [-0.3, -0.25) is 4.79 Å². The number of hydrogen-bond donors (Lipinski definition) is 0. The molecule has 3 rings (SSSR count). The molecular weight excluding hydrogens is 294 g/mol. The van der Waals surface area contributed by atoms with Gasteiger partial charge in [0.1, 0.15) is 12.3 Å². The van der Waals surface area contributed by atoms with Gasteiger partial charge in [-0.25, -0.2) is 4.68 Å². The molecule has 2 aromatic heterocycles. The van der Waals surface area contributed by atoms with E-state index in [0.717, 1.165) is 5.76 Å². The summed E-state index contributed by atoms with van der Waals surface area (Å²) in [5.74, 6) is 1.16. The largest absolute Gasteiger partial charge is 0.467 e. The Hall–Kier alpha value is -1.87. The van der Waals surface area contributed by atoms with Crippen molar-refractivity contribution < 1.29 is 13.9 Å². The molecule has 0 N–H and O–H groups in total. The van der Waals surface area contributed by atoms with Gasteiger partial charge in [0.2, 0.25) is 11.1 Å². The normalized spacial score (nSPS) is 15.3. The van der Waals surface area contributed by atoms with Crippen LogP contribution in [0, 0.1) is 0 Å². The van der Waals surface area contributed by atoms with Crippen molar-refractivity contribution in [2.75, 3.05) is 32.1 Å². The Morgan fingerprint density at radius 1 is 1.38 bits per heavy atom. The Kier molecular flexibility index (Phi) is 4.51. The smallest absolute Gasteiger partial charge is 0.233 e. The standard InChI is InChI=1S/C12H15N5O3S/c18-11(16-3-6-19-7-4-16)9-21-12-13-14-15-17(12)8-10-2-1-5-20-10/h1-2,5H,3-4,6-9H2. The predicted octanol–water partition coefficient (Wildman–Crippen LogP) is 0.265. The van der Waals surface area contributed by atoms with E-state index in [4.69, 9.17) is 9.15 Å². The van der Waals surface area contributed by atoms with Crippen LogP contribution in [0.2, 0.25) is 0 Å². The number of carbonyl (C=O) groups is 1. The molecule has 0 bridgehead atoms. The van der Waals surface area contributed by atoms with E-state index in [1.165, 1.54) is 11.8 Å². The molecule has 0 atom stereocenters. The second-order valence-corrected chi connectivity index (χ2v) is 5.42. The Morgan fingerprint density at radius 3 is 3.00 bits per heavy atom. The van der Waals surface area contributed by atoms with Crippen LogP contribution in [0.5, 0.6) is 0 Å². The minimum atomic E-state index is 0.0795. The van der Waals surface area contributed by atoms with Gasteiger partial charge in [-0.2, -0.15) is 0 Å². The molecular formula is C12H15N5O3S. The van der Waals surface area contributed by atoms with Crippen LogP contribution in [0.1, 0.15) is 5.76 Å². The summed E-state index contributed by atoms with van der Waals surface area (Å²) < 4.78 is 12.1. The van der Waals surface area contributed by atoms with Crippen LogP contribution >= 0.6 is 11.8 Å². The highest BCUT2D eigenvalue weighted by Gasteiger charge is 2.18. The molecule has 9 heteroatoms. The van der Waals surface area contributed by atoms with E-state index in [1.54, 1.807) is 15.8 Å². The van der Waals surface area contributed by atoms with Crippen LogP contribution in [-0.4, -0.2) is 63.1 Å². The SMILES string of the molecule is O=C(CSc1nnnn1Cc1ccco1)N1CCOCC1. The lowest BCUT2D eigenvalue weighted by Crippen LogP contribution is -2.41. The van der Waals surface area contributed by atoms with E-state index in [2.05, 4.69) is 15.5 Å². The van der Waals surface area contributed by atoms with Crippen LogP contribution < -0.4 is 0 Å². The van der Waals surface area contributed by atoms with E-state index >= 15 is 0 Å². The maximum atomic E-state index is 12.1. The van der Waals surface area contributed by atoms with Gasteiger partial charge in [-0.1, -0.05) is 11.8 Å². The van der Waals surface area contributed by atoms with Crippen LogP contribution in [0.15, 0.2) is 28.0 Å². The zero-order valence-electron chi connectivity index (χ0n) is 11.3. The third kappa shape index (κ3) is 3.61. The first kappa shape index (κ1) is 14.1. The maximum Gasteiger partial charge on any atom is 0.233 e. The molecule has 21 heavy (non-hydrogen) atoms. The van der Waals surface area contributed by atoms with Gasteiger partial charge < -0.3 is 14.1 Å². The molecule has 2 aromatic rings. The number of ether oxygens (including phenoxy) is 1. The molecule has 1 aliphatic heterocycles. The van der Waals surface area contributed by atoms with Crippen molar-refractivity contribution in [3.8, 4) is 0 Å². The molecule has 0 spiro atoms. The Morgan fingerprint density at radius 2 is 2.24 bits per heavy atom. The van der Waals surface area contributed by atoms with Gasteiger partial charge in [-0.15, -0.1) is 5.10 Å². The fraction of sp³-hybridized carbons (Fsp3) is 0.500. The second kappa shape index (κ2) is 6.72. The first-order valence-electron chi connectivity index (χ1n) is 6.60. The molecule has 0 aliphatic carbocycles. The molecule has 0 radical (unpaired) electrons. The summed E-state index contributed by atoms with van der Waals surface area (Å²) in [7, 11) is 0. The van der Waals surface area contributed by atoms with Gasteiger partial charge in [0.15, 0.2) is 0 Å². The van der Waals surface area contributed by atoms with Crippen molar-refractivity contribution in [2.24, 2.45) is 0 Å². The van der Waals surface area contributed by atoms with Gasteiger partial charge in [0.05, 0.1) is 25.2 Å². The average molecular weight is 309 g/mol. The third-order valence-corrected chi connectivity index (χ3v) is 4.02. The van der Waals surface area contributed by atoms with Gasteiger partial charge in [0, 0.05) is 13.1 Å². The van der Waals surface area contributed by atoms with Crippen molar-refractivity contribution in [1.82, 2.24) is 25.1 Å². The average Bonchev–Trinajstić information content (AvgIpc) is 3.18. The Balaban J connectivity index is 1.55. The number of thioether (sulfide) groups is 1. The number of tetrazole rings is 1. The number of rotatable bonds is 5. The molecule has 1 amide bonds. The fourth-order valence-corrected chi connectivity index (χ4v) is 2.76. The fourth-order valence-electron chi connectivity index (χ4n) is 1.98. The molecule has 3 heterocycles. The molecule has 0 saturated carbocycles. The summed E-state index contributed by atoms with van der Waals surface area (Å²) in [5, 5.41) is 12.1. The second-order valence-electron chi connectivity index (χ2n) is 4.48. The van der Waals surface area contributed by atoms with Crippen molar-refractivity contribution >= 4 is 17.7 Å². The summed E-state index contributed by atoms with van der Waals surface area (Å²) in [5.41, 5.74) is 0. The summed E-state index contributed by atoms with van der Waals surface area (Å²) in [6.07, 6.45) is 1.61. The molecule has 0 aromatic carbocycles. The topological polar surface area (TPSA) is 86.3 Å². The summed E-state index contributed by atoms with van der Waals surface area (Å²) in [4.78, 5) is 13.9. The minimum absolute atomic E-state index is 0.0795. The molecule has 1 fully saturated rings. The van der Waals surface area contributed by atoms with Crippen LogP contribution in [0.3, 0.4) is 0 Å². The zero-order valence-corrected chi connectivity index (χ0v) is 12.2. The highest BCUT2D eigenvalue weighted by Crippen LogP contribution is 2.16. The molecule has 8 nitrogen and oxygen atoms in total. The highest BCUT2D eigenvalue weighted by molar-refractivity contribution is 7.99. The minimum Gasteiger partial charge on any atom is -0.467 e. The van der Waals surface area contributed by atoms with E-state index in [0.29, 0.717) is 43.8 Å². The molecule has 112 valence electrons. The third-order valence-electron chi connectivity index (χ3n) is 3.07. The first-order chi connectivity index (χ1) is 10.3.